The van der Waals surface area contributed by atoms with Gasteiger partial charge in [-0.25, -0.2) is 0 Å². The highest BCUT2D eigenvalue weighted by atomic mass is 16.5. The lowest BCUT2D eigenvalue weighted by atomic mass is 9.91. The lowest BCUT2D eigenvalue weighted by Crippen LogP contribution is -2.51. The van der Waals surface area contributed by atoms with Crippen molar-refractivity contribution in [2.75, 3.05) is 32.9 Å². The molecule has 1 atom stereocenters. The largest absolute Gasteiger partial charge is 0.480 e. The van der Waals surface area contributed by atoms with E-state index in [0.29, 0.717) is 26.2 Å². The van der Waals surface area contributed by atoms with E-state index in [-0.39, 0.29) is 6.61 Å². The molecule has 5 heteroatoms. The molecule has 0 aromatic rings. The molecule has 0 aromatic heterocycles. The van der Waals surface area contributed by atoms with Crippen LogP contribution in [0, 0.1) is 0 Å². The summed E-state index contributed by atoms with van der Waals surface area (Å²) in [5, 5.41) is 18.0. The molecule has 5 nitrogen and oxygen atoms in total. The molecule has 1 heterocycles. The van der Waals surface area contributed by atoms with Gasteiger partial charge in [0, 0.05) is 6.54 Å². The van der Waals surface area contributed by atoms with E-state index in [9.17, 15) is 9.90 Å². The molecule has 0 spiro atoms. The fourth-order valence-corrected chi connectivity index (χ4v) is 2.65. The molecule has 17 heavy (non-hydrogen) atoms. The summed E-state index contributed by atoms with van der Waals surface area (Å²) in [6.07, 6.45) is 3.24. The molecule has 0 saturated carbocycles. The van der Waals surface area contributed by atoms with Crippen LogP contribution in [0.2, 0.25) is 0 Å². The van der Waals surface area contributed by atoms with Gasteiger partial charge in [0.1, 0.15) is 5.54 Å². The Bertz CT molecular complexity index is 247. The van der Waals surface area contributed by atoms with Crippen molar-refractivity contribution in [3.8, 4) is 0 Å². The van der Waals surface area contributed by atoms with Crippen LogP contribution in [0.25, 0.3) is 0 Å². The Morgan fingerprint density at radius 3 is 2.82 bits per heavy atom. The van der Waals surface area contributed by atoms with Gasteiger partial charge in [-0.2, -0.15) is 0 Å². The second-order valence-corrected chi connectivity index (χ2v) is 4.51. The molecule has 0 aromatic carbocycles. The molecule has 0 bridgehead atoms. The summed E-state index contributed by atoms with van der Waals surface area (Å²) in [5.41, 5.74) is -0.683. The fraction of sp³-hybridized carbons (Fsp3) is 0.917. The SMILES string of the molecule is CCCC1(C(=O)O)CCCN1CCOCCO. The number of carboxylic acids is 1. The summed E-state index contributed by atoms with van der Waals surface area (Å²) in [6, 6.07) is 0. The minimum atomic E-state index is -0.709. The second-order valence-electron chi connectivity index (χ2n) is 4.51. The summed E-state index contributed by atoms with van der Waals surface area (Å²) >= 11 is 0. The summed E-state index contributed by atoms with van der Waals surface area (Å²) in [4.78, 5) is 13.5. The molecule has 1 rings (SSSR count). The van der Waals surface area contributed by atoms with Gasteiger partial charge in [0.2, 0.25) is 0 Å². The average Bonchev–Trinajstić information content (AvgIpc) is 2.70. The standard InChI is InChI=1S/C12H23NO4/c1-2-4-12(11(15)16)5-3-6-13(12)7-9-17-10-8-14/h14H,2-10H2,1H3,(H,15,16). The second kappa shape index (κ2) is 6.93. The molecule has 1 unspecified atom stereocenters. The molecule has 1 aliphatic rings. The van der Waals surface area contributed by atoms with Crippen LogP contribution in [-0.2, 0) is 9.53 Å². The number of aliphatic hydroxyl groups is 1. The van der Waals surface area contributed by atoms with E-state index in [4.69, 9.17) is 9.84 Å². The van der Waals surface area contributed by atoms with Gasteiger partial charge in [-0.15, -0.1) is 0 Å². The average molecular weight is 245 g/mol. The molecule has 0 amide bonds. The molecule has 1 saturated heterocycles. The summed E-state index contributed by atoms with van der Waals surface area (Å²) < 4.78 is 5.21. The third-order valence-electron chi connectivity index (χ3n) is 3.43. The first-order chi connectivity index (χ1) is 8.17. The minimum Gasteiger partial charge on any atom is -0.480 e. The Morgan fingerprint density at radius 2 is 2.24 bits per heavy atom. The number of ether oxygens (including phenoxy) is 1. The quantitative estimate of drug-likeness (QED) is 0.616. The number of aliphatic hydroxyl groups excluding tert-OH is 1. The predicted octanol–water partition coefficient (Wildman–Crippen LogP) is 0.715. The summed E-state index contributed by atoms with van der Waals surface area (Å²) in [7, 11) is 0. The Kier molecular flexibility index (Phi) is 5.88. The van der Waals surface area contributed by atoms with Crippen LogP contribution in [0.15, 0.2) is 0 Å². The zero-order chi connectivity index (χ0) is 12.7. The highest BCUT2D eigenvalue weighted by Crippen LogP contribution is 2.33. The van der Waals surface area contributed by atoms with Crippen LogP contribution < -0.4 is 0 Å². The van der Waals surface area contributed by atoms with Crippen LogP contribution in [0.5, 0.6) is 0 Å². The van der Waals surface area contributed by atoms with Crippen molar-refractivity contribution >= 4 is 5.97 Å². The predicted molar refractivity (Wildman–Crippen MR) is 64.0 cm³/mol. The van der Waals surface area contributed by atoms with Gasteiger partial charge in [0.05, 0.1) is 19.8 Å². The topological polar surface area (TPSA) is 70.0 Å². The molecule has 100 valence electrons. The summed E-state index contributed by atoms with van der Waals surface area (Å²) in [5.74, 6) is -0.709. The van der Waals surface area contributed by atoms with Gasteiger partial charge in [-0.05, 0) is 25.8 Å². The van der Waals surface area contributed by atoms with Crippen LogP contribution in [-0.4, -0.2) is 59.5 Å². The molecule has 1 aliphatic heterocycles. The van der Waals surface area contributed by atoms with Gasteiger partial charge in [0.25, 0.3) is 0 Å². The van der Waals surface area contributed by atoms with Crippen LogP contribution in [0.4, 0.5) is 0 Å². The number of likely N-dealkylation sites (tertiary alicyclic amines) is 1. The maximum absolute atomic E-state index is 11.5. The molecule has 0 aliphatic carbocycles. The maximum atomic E-state index is 11.5. The minimum absolute atomic E-state index is 0.0129. The molecule has 2 N–H and O–H groups in total. The normalized spacial score (nSPS) is 25.3. The van der Waals surface area contributed by atoms with Gasteiger partial charge >= 0.3 is 5.97 Å². The number of aliphatic carboxylic acids is 1. The number of carboxylic acid groups (broad SMARTS) is 1. The monoisotopic (exact) mass is 245 g/mol. The van der Waals surface area contributed by atoms with Gasteiger partial charge in [-0.3, -0.25) is 9.69 Å². The van der Waals surface area contributed by atoms with Crippen molar-refractivity contribution in [3.63, 3.8) is 0 Å². The fourth-order valence-electron chi connectivity index (χ4n) is 2.65. The van der Waals surface area contributed by atoms with Crippen molar-refractivity contribution in [3.05, 3.63) is 0 Å². The molecular weight excluding hydrogens is 222 g/mol. The van der Waals surface area contributed by atoms with E-state index in [0.717, 1.165) is 25.8 Å². The Labute approximate surface area is 102 Å². The smallest absolute Gasteiger partial charge is 0.324 e. The van der Waals surface area contributed by atoms with Crippen LogP contribution in [0.3, 0.4) is 0 Å². The van der Waals surface area contributed by atoms with Crippen LogP contribution in [0.1, 0.15) is 32.6 Å². The van der Waals surface area contributed by atoms with Gasteiger partial charge in [-0.1, -0.05) is 13.3 Å². The van der Waals surface area contributed by atoms with E-state index >= 15 is 0 Å². The third-order valence-corrected chi connectivity index (χ3v) is 3.43. The number of nitrogens with zero attached hydrogens (tertiary/aromatic N) is 1. The maximum Gasteiger partial charge on any atom is 0.324 e. The van der Waals surface area contributed by atoms with E-state index in [1.807, 2.05) is 11.8 Å². The van der Waals surface area contributed by atoms with Crippen molar-refractivity contribution in [2.24, 2.45) is 0 Å². The van der Waals surface area contributed by atoms with Crippen molar-refractivity contribution in [1.29, 1.82) is 0 Å². The Hall–Kier alpha value is -0.650. The number of carbonyl (C=O) groups is 1. The first-order valence-electron chi connectivity index (χ1n) is 6.34. The lowest BCUT2D eigenvalue weighted by molar-refractivity contribution is -0.150. The van der Waals surface area contributed by atoms with Crippen LogP contribution >= 0.6 is 0 Å². The van der Waals surface area contributed by atoms with Crippen molar-refractivity contribution < 1.29 is 19.7 Å². The van der Waals surface area contributed by atoms with Crippen molar-refractivity contribution in [1.82, 2.24) is 4.90 Å². The number of hydrogen-bond acceptors (Lipinski definition) is 4. The van der Waals surface area contributed by atoms with Gasteiger partial charge in [0.15, 0.2) is 0 Å². The van der Waals surface area contributed by atoms with E-state index in [1.54, 1.807) is 0 Å². The van der Waals surface area contributed by atoms with Gasteiger partial charge < -0.3 is 14.9 Å². The first-order valence-corrected chi connectivity index (χ1v) is 6.34. The number of rotatable bonds is 8. The first kappa shape index (κ1) is 14.4. The number of hydrogen-bond donors (Lipinski definition) is 2. The molecule has 1 fully saturated rings. The highest BCUT2D eigenvalue weighted by molar-refractivity contribution is 5.79. The van der Waals surface area contributed by atoms with E-state index in [2.05, 4.69) is 0 Å². The Balaban J connectivity index is 2.53. The van der Waals surface area contributed by atoms with E-state index < -0.39 is 11.5 Å². The van der Waals surface area contributed by atoms with E-state index in [1.165, 1.54) is 0 Å². The molecular formula is C12H23NO4. The lowest BCUT2D eigenvalue weighted by Gasteiger charge is -2.34. The zero-order valence-corrected chi connectivity index (χ0v) is 10.5. The molecule has 0 radical (unpaired) electrons. The Morgan fingerprint density at radius 1 is 1.47 bits per heavy atom. The summed E-state index contributed by atoms with van der Waals surface area (Å²) in [6.45, 7) is 4.30. The van der Waals surface area contributed by atoms with Crippen molar-refractivity contribution in [2.45, 2.75) is 38.1 Å². The third kappa shape index (κ3) is 3.40. The zero-order valence-electron chi connectivity index (χ0n) is 10.5. The highest BCUT2D eigenvalue weighted by Gasteiger charge is 2.46.